The van der Waals surface area contributed by atoms with E-state index in [1.54, 1.807) is 111 Å². The van der Waals surface area contributed by atoms with Crippen LogP contribution in [0.3, 0.4) is 0 Å². The van der Waals surface area contributed by atoms with E-state index in [2.05, 4.69) is 11.5 Å². The van der Waals surface area contributed by atoms with Gasteiger partial charge in [-0.05, 0) is 37.1 Å². The number of ketones is 2. The van der Waals surface area contributed by atoms with Crippen LogP contribution in [0, 0.1) is 0 Å². The minimum atomic E-state index is -1.13. The van der Waals surface area contributed by atoms with Gasteiger partial charge in [-0.3, -0.25) is 19.2 Å². The highest BCUT2D eigenvalue weighted by Crippen LogP contribution is 2.21. The molecule has 4 atom stereocenters. The number of quaternary nitrogens is 2. The predicted molar refractivity (Wildman–Crippen MR) is 187 cm³/mol. The molecule has 8 N–H and O–H groups in total. The van der Waals surface area contributed by atoms with Crippen LogP contribution in [0.2, 0.25) is 0 Å². The number of hydrogen-bond donors (Lipinski definition) is 4. The summed E-state index contributed by atoms with van der Waals surface area (Å²) < 4.78 is 10.00. The van der Waals surface area contributed by atoms with Crippen LogP contribution >= 0.6 is 0 Å². The van der Waals surface area contributed by atoms with Gasteiger partial charge in [0.1, 0.15) is 0 Å². The summed E-state index contributed by atoms with van der Waals surface area (Å²) in [7, 11) is 0. The first-order valence-electron chi connectivity index (χ1n) is 15.6. The van der Waals surface area contributed by atoms with Crippen molar-refractivity contribution in [2.75, 3.05) is 13.2 Å². The van der Waals surface area contributed by atoms with Crippen LogP contribution in [0.1, 0.15) is 76.1 Å². The molecule has 53 heavy (non-hydrogen) atoms. The summed E-state index contributed by atoms with van der Waals surface area (Å²) in [5.41, 5.74) is 10.1. The lowest BCUT2D eigenvalue weighted by molar-refractivity contribution is -0.413. The number of aliphatic carboxylic acids is 2. The smallest absolute Gasteiger partial charge is 0.366 e. The Bertz CT molecular complexity index is 1690. The molecule has 0 spiro atoms. The van der Waals surface area contributed by atoms with Crippen LogP contribution in [0.25, 0.3) is 0 Å². The van der Waals surface area contributed by atoms with Crippen LogP contribution in [0.5, 0.6) is 0 Å². The first kappa shape index (κ1) is 47.6. The van der Waals surface area contributed by atoms with Crippen molar-refractivity contribution >= 4 is 35.4 Å². The molecule has 0 heterocycles. The van der Waals surface area contributed by atoms with Crippen LogP contribution in [-0.2, 0) is 28.7 Å². The molecule has 0 fully saturated rings. The van der Waals surface area contributed by atoms with Gasteiger partial charge in [-0.15, -0.1) is 0 Å². The summed E-state index contributed by atoms with van der Waals surface area (Å²) >= 11 is 0. The zero-order chi connectivity index (χ0) is 36.8. The van der Waals surface area contributed by atoms with Crippen molar-refractivity contribution in [3.8, 4) is 0 Å². The van der Waals surface area contributed by atoms with Crippen molar-refractivity contribution in [3.63, 3.8) is 0 Å². The molecule has 0 saturated carbocycles. The summed E-state index contributed by atoms with van der Waals surface area (Å²) in [5, 5.41) is 17.5. The Hall–Kier alpha value is -5.40. The Morgan fingerprint density at radius 1 is 0.528 bits per heavy atom. The van der Waals surface area contributed by atoms with Crippen molar-refractivity contribution in [2.24, 2.45) is 0 Å². The van der Waals surface area contributed by atoms with Crippen molar-refractivity contribution in [3.05, 3.63) is 143 Å². The van der Waals surface area contributed by atoms with Crippen molar-refractivity contribution in [1.29, 1.82) is 0 Å². The summed E-state index contributed by atoms with van der Waals surface area (Å²) in [6.45, 7) is 2.71. The molecule has 0 bridgehead atoms. The number of benzene rings is 4. The van der Waals surface area contributed by atoms with E-state index >= 15 is 0 Å². The molecule has 0 amide bonds. The average Bonchev–Trinajstić information content (AvgIpc) is 3.15. The molecule has 0 saturated heterocycles. The molecule has 0 aliphatic carbocycles. The van der Waals surface area contributed by atoms with Gasteiger partial charge in [0.05, 0.1) is 11.8 Å². The second-order valence-electron chi connectivity index (χ2n) is 11.4. The van der Waals surface area contributed by atoms with Crippen LogP contribution in [0.15, 0.2) is 109 Å². The third-order valence-electron chi connectivity index (χ3n) is 7.63. The van der Waals surface area contributed by atoms with E-state index in [0.29, 0.717) is 33.4 Å². The number of hydrogen-bond acceptors (Lipinski definition) is 8. The molecule has 12 nitrogen and oxygen atoms in total. The van der Waals surface area contributed by atoms with Gasteiger partial charge in [0.25, 0.3) is 0 Å². The summed E-state index contributed by atoms with van der Waals surface area (Å²) in [6, 6.07) is 29.3. The number of carbonyl (C=O) groups excluding carboxylic acids is 4. The topological polar surface area (TPSA) is 217 Å². The van der Waals surface area contributed by atoms with Crippen LogP contribution < -0.4 is 36.3 Å². The molecule has 284 valence electrons. The molecule has 0 unspecified atom stereocenters. The fraction of sp³-hybridized carbons (Fsp3) is 0.231. The number of carboxylic acids is 2. The zero-order valence-corrected chi connectivity index (χ0v) is 30.0. The fourth-order valence-corrected chi connectivity index (χ4v) is 4.44. The molecule has 4 aromatic carbocycles. The van der Waals surface area contributed by atoms with Crippen molar-refractivity contribution in [1.82, 2.24) is 0 Å². The van der Waals surface area contributed by atoms with Crippen LogP contribution in [0.4, 0.5) is 0 Å². The third-order valence-corrected chi connectivity index (χ3v) is 7.63. The molecule has 0 radical (unpaired) electrons. The zero-order valence-electron chi connectivity index (χ0n) is 28.4. The first-order valence-corrected chi connectivity index (χ1v) is 15.6. The minimum absolute atomic E-state index is 0. The Balaban J connectivity index is 0.000000966. The average molecular weight is 772 g/mol. The van der Waals surface area contributed by atoms with Crippen molar-refractivity contribution < 1.29 is 84.7 Å². The monoisotopic (exact) mass is 770 g/mol. The van der Waals surface area contributed by atoms with Crippen molar-refractivity contribution in [2.45, 2.75) is 45.2 Å². The highest BCUT2D eigenvalue weighted by atomic mass is 35.5. The van der Waals surface area contributed by atoms with Gasteiger partial charge in [0, 0.05) is 22.3 Å². The lowest BCUT2D eigenvalue weighted by atomic mass is 9.96. The third kappa shape index (κ3) is 14.3. The number of esters is 2. The summed E-state index contributed by atoms with van der Waals surface area (Å²) in [6.07, 6.45) is 0. The van der Waals surface area contributed by atoms with Gasteiger partial charge in [-0.1, -0.05) is 104 Å². The van der Waals surface area contributed by atoms with E-state index in [4.69, 9.17) is 19.7 Å². The Morgan fingerprint density at radius 3 is 1.13 bits per heavy atom. The lowest BCUT2D eigenvalue weighted by Gasteiger charge is -2.13. The first-order chi connectivity index (χ1) is 23.8. The highest BCUT2D eigenvalue weighted by Gasteiger charge is 2.24. The van der Waals surface area contributed by atoms with Crippen LogP contribution in [-0.4, -0.2) is 71.0 Å². The molecule has 0 aromatic heterocycles. The fourth-order valence-electron chi connectivity index (χ4n) is 4.44. The molecular formula is C39H44Cl2N2O10. The molecule has 4 rings (SSSR count). The molecular weight excluding hydrogens is 727 g/mol. The number of ether oxygens (including phenoxy) is 2. The number of carboxylic acid groups (broad SMARTS) is 2. The summed E-state index contributed by atoms with van der Waals surface area (Å²) in [4.78, 5) is 70.6. The van der Waals surface area contributed by atoms with Gasteiger partial charge < -0.3 is 56.0 Å². The largest absolute Gasteiger partial charge is 1.00 e. The minimum Gasteiger partial charge on any atom is -1.00 e. The van der Waals surface area contributed by atoms with Gasteiger partial charge in [0.15, 0.2) is 24.8 Å². The van der Waals surface area contributed by atoms with Gasteiger partial charge in [-0.2, -0.15) is 0 Å². The normalized spacial score (nSPS) is 12.2. The van der Waals surface area contributed by atoms with Gasteiger partial charge >= 0.3 is 23.9 Å². The number of carbonyl (C=O) groups is 6. The SMILES string of the molecule is C.C[C@@H](C(=O)OC[C@H]([NH3+])C(=O)O)c1cccc(C(=O)c2ccccc2)c1.C[C@H](C(=O)OC[C@H]([NH3+])C(=O)O)c1cccc(C(=O)c2ccccc2)c1.[Cl-].[Cl-]. The van der Waals surface area contributed by atoms with E-state index in [0.717, 1.165) is 0 Å². The Morgan fingerprint density at radius 2 is 0.830 bits per heavy atom. The lowest BCUT2D eigenvalue weighted by Crippen LogP contribution is -3.00. The standard InChI is InChI=1S/2C19H19NO5.CH4.2ClH/c2*1-12(19(24)25-11-16(20)18(22)23)14-8-5-9-15(10-14)17(21)13-6-3-2-4-7-13;;;/h2*2-10,12,16H,11,20H2,1H3,(H,22,23);1H4;2*1H/t12-,16+;12-,16-;;;/m10.../s1. The number of halogens is 2. The van der Waals surface area contributed by atoms with E-state index < -0.39 is 47.8 Å². The Kier molecular flexibility index (Phi) is 20.9. The number of rotatable bonds is 14. The van der Waals surface area contributed by atoms with E-state index in [1.165, 1.54) is 0 Å². The second kappa shape index (κ2) is 23.2. The Labute approximate surface area is 320 Å². The maximum Gasteiger partial charge on any atom is 0.366 e. The predicted octanol–water partition coefficient (Wildman–Crippen LogP) is -2.84. The second-order valence-corrected chi connectivity index (χ2v) is 11.4. The molecule has 0 aliphatic heterocycles. The van der Waals surface area contributed by atoms with E-state index in [9.17, 15) is 28.8 Å². The van der Waals surface area contributed by atoms with Gasteiger partial charge in [-0.25, -0.2) is 9.59 Å². The van der Waals surface area contributed by atoms with Gasteiger partial charge in [0.2, 0.25) is 12.1 Å². The van der Waals surface area contributed by atoms with E-state index in [1.807, 2.05) is 12.1 Å². The quantitative estimate of drug-likeness (QED) is 0.0761. The summed E-state index contributed by atoms with van der Waals surface area (Å²) in [5.74, 6) is -4.88. The maximum absolute atomic E-state index is 12.5. The molecule has 0 aliphatic rings. The highest BCUT2D eigenvalue weighted by molar-refractivity contribution is 6.09. The molecule has 4 aromatic rings. The maximum atomic E-state index is 12.5. The van der Waals surface area contributed by atoms with E-state index in [-0.39, 0.29) is 57.0 Å². The molecule has 14 heteroatoms.